The number of hydrogen-bond donors (Lipinski definition) is 1. The Morgan fingerprint density at radius 3 is 2.95 bits per heavy atom. The highest BCUT2D eigenvalue weighted by atomic mass is 35.5. The predicted octanol–water partition coefficient (Wildman–Crippen LogP) is 3.70. The van der Waals surface area contributed by atoms with Gasteiger partial charge >= 0.3 is 0 Å². The molecule has 0 aromatic heterocycles. The van der Waals surface area contributed by atoms with Crippen LogP contribution in [-0.2, 0) is 0 Å². The van der Waals surface area contributed by atoms with E-state index >= 15 is 0 Å². The van der Waals surface area contributed by atoms with Gasteiger partial charge in [-0.25, -0.2) is 4.39 Å². The molecule has 1 aliphatic rings. The van der Waals surface area contributed by atoms with Crippen LogP contribution in [-0.4, -0.2) is 25.7 Å². The van der Waals surface area contributed by atoms with Gasteiger partial charge in [-0.05, 0) is 23.1 Å². The van der Waals surface area contributed by atoms with Gasteiger partial charge in [0.15, 0.2) is 5.96 Å². The van der Waals surface area contributed by atoms with Gasteiger partial charge in [-0.3, -0.25) is 4.99 Å². The molecule has 0 bridgehead atoms. The minimum Gasteiger partial charge on any atom is -0.370 e. The van der Waals surface area contributed by atoms with E-state index in [0.29, 0.717) is 11.9 Å². The van der Waals surface area contributed by atoms with Crippen LogP contribution in [0.5, 0.6) is 0 Å². The first-order valence-corrected chi connectivity index (χ1v) is 7.36. The van der Waals surface area contributed by atoms with Crippen molar-refractivity contribution in [2.24, 2.45) is 10.7 Å². The maximum absolute atomic E-state index is 12.3. The maximum Gasteiger partial charge on any atom is 0.195 e. The number of nitrogens with two attached hydrogens (primary N) is 1. The summed E-state index contributed by atoms with van der Waals surface area (Å²) in [5, 5.41) is 2.94. The third-order valence-electron chi connectivity index (χ3n) is 3.90. The number of aliphatic imine (C=N–C) groups is 1. The summed E-state index contributed by atoms with van der Waals surface area (Å²) in [6.45, 7) is 2.51. The highest BCUT2D eigenvalue weighted by molar-refractivity contribution is 6.35. The van der Waals surface area contributed by atoms with Crippen molar-refractivity contribution in [3.05, 3.63) is 40.9 Å². The van der Waals surface area contributed by atoms with Crippen LogP contribution in [0.4, 0.5) is 10.1 Å². The summed E-state index contributed by atoms with van der Waals surface area (Å²) in [4.78, 5) is 6.03. The fourth-order valence-electron chi connectivity index (χ4n) is 3.01. The molecule has 1 atom stereocenters. The molecule has 5 heteroatoms. The van der Waals surface area contributed by atoms with Crippen molar-refractivity contribution in [3.8, 4) is 0 Å². The number of anilines is 1. The van der Waals surface area contributed by atoms with Crippen LogP contribution >= 0.6 is 11.6 Å². The number of guanidine groups is 1. The topological polar surface area (TPSA) is 41.6 Å². The number of fused-ring (bicyclic) bond motifs is 3. The van der Waals surface area contributed by atoms with Gasteiger partial charge in [0, 0.05) is 28.6 Å². The number of alkyl halides is 1. The lowest BCUT2D eigenvalue weighted by molar-refractivity contribution is 0.504. The van der Waals surface area contributed by atoms with Crippen molar-refractivity contribution in [2.45, 2.75) is 12.8 Å². The Labute approximate surface area is 128 Å². The Hall–Kier alpha value is -1.81. The molecule has 0 fully saturated rings. The summed E-state index contributed by atoms with van der Waals surface area (Å²) in [7, 11) is 0. The van der Waals surface area contributed by atoms with Gasteiger partial charge < -0.3 is 10.6 Å². The average Bonchev–Trinajstić information content (AvgIpc) is 2.83. The summed E-state index contributed by atoms with van der Waals surface area (Å²) < 4.78 is 12.3. The largest absolute Gasteiger partial charge is 0.370 e. The SMILES string of the molecule is CC1CN(C(N)=NCCF)c2ccc3c(Cl)cccc3c21. The van der Waals surface area contributed by atoms with Crippen LogP contribution in [0.1, 0.15) is 18.4 Å². The molecule has 3 rings (SSSR count). The van der Waals surface area contributed by atoms with Crippen LogP contribution in [0.2, 0.25) is 5.02 Å². The van der Waals surface area contributed by atoms with Crippen LogP contribution in [0.15, 0.2) is 35.3 Å². The molecule has 0 saturated carbocycles. The van der Waals surface area contributed by atoms with E-state index in [1.165, 1.54) is 5.56 Å². The van der Waals surface area contributed by atoms with Gasteiger partial charge in [0.2, 0.25) is 0 Å². The molecular weight excluding hydrogens is 289 g/mol. The highest BCUT2D eigenvalue weighted by Crippen LogP contribution is 2.42. The fourth-order valence-corrected chi connectivity index (χ4v) is 3.24. The summed E-state index contributed by atoms with van der Waals surface area (Å²) in [6.07, 6.45) is 0. The Balaban J connectivity index is 2.13. The van der Waals surface area contributed by atoms with Gasteiger partial charge in [-0.1, -0.05) is 36.7 Å². The number of benzene rings is 2. The summed E-state index contributed by atoms with van der Waals surface area (Å²) in [5.74, 6) is 0.695. The summed E-state index contributed by atoms with van der Waals surface area (Å²) >= 11 is 6.27. The molecule has 2 N–H and O–H groups in total. The molecule has 0 spiro atoms. The molecular formula is C16H17ClFN3. The maximum atomic E-state index is 12.3. The van der Waals surface area contributed by atoms with Gasteiger partial charge in [0.05, 0.1) is 6.54 Å². The molecule has 0 radical (unpaired) electrons. The van der Waals surface area contributed by atoms with E-state index in [0.717, 1.165) is 28.0 Å². The molecule has 1 unspecified atom stereocenters. The Kier molecular flexibility index (Phi) is 3.72. The van der Waals surface area contributed by atoms with E-state index < -0.39 is 6.67 Å². The fraction of sp³-hybridized carbons (Fsp3) is 0.312. The van der Waals surface area contributed by atoms with Crippen molar-refractivity contribution in [3.63, 3.8) is 0 Å². The van der Waals surface area contributed by atoms with Gasteiger partial charge in [0.25, 0.3) is 0 Å². The van der Waals surface area contributed by atoms with Crippen molar-refractivity contribution < 1.29 is 4.39 Å². The van der Waals surface area contributed by atoms with Crippen LogP contribution < -0.4 is 10.6 Å². The van der Waals surface area contributed by atoms with Crippen molar-refractivity contribution >= 4 is 34.0 Å². The molecule has 2 aromatic rings. The van der Waals surface area contributed by atoms with Gasteiger partial charge in [-0.2, -0.15) is 0 Å². The normalized spacial score (nSPS) is 18.3. The van der Waals surface area contributed by atoms with E-state index in [4.69, 9.17) is 17.3 Å². The summed E-state index contributed by atoms with van der Waals surface area (Å²) in [6, 6.07) is 9.95. The third kappa shape index (κ3) is 2.33. The van der Waals surface area contributed by atoms with E-state index in [1.807, 2.05) is 29.2 Å². The molecule has 3 nitrogen and oxygen atoms in total. The minimum absolute atomic E-state index is 0.103. The first-order chi connectivity index (χ1) is 10.1. The van der Waals surface area contributed by atoms with E-state index in [9.17, 15) is 4.39 Å². The molecule has 2 aromatic carbocycles. The predicted molar refractivity (Wildman–Crippen MR) is 87.2 cm³/mol. The van der Waals surface area contributed by atoms with Gasteiger partial charge in [-0.15, -0.1) is 0 Å². The molecule has 1 heterocycles. The molecule has 0 amide bonds. The Morgan fingerprint density at radius 1 is 1.38 bits per heavy atom. The second kappa shape index (κ2) is 5.53. The van der Waals surface area contributed by atoms with Crippen LogP contribution in [0.25, 0.3) is 10.8 Å². The Morgan fingerprint density at radius 2 is 2.19 bits per heavy atom. The smallest absolute Gasteiger partial charge is 0.195 e. The average molecular weight is 306 g/mol. The zero-order chi connectivity index (χ0) is 15.0. The second-order valence-corrected chi connectivity index (χ2v) is 5.68. The minimum atomic E-state index is -0.496. The first kappa shape index (κ1) is 14.1. The monoisotopic (exact) mass is 305 g/mol. The first-order valence-electron chi connectivity index (χ1n) is 6.98. The number of halogens is 2. The highest BCUT2D eigenvalue weighted by Gasteiger charge is 2.29. The standard InChI is InChI=1S/C16H17ClFN3/c1-10-9-21(16(19)20-8-7-18)14-6-5-11-12(15(10)14)3-2-4-13(11)17/h2-6,10H,7-9H2,1H3,(H2,19,20). The van der Waals surface area contributed by atoms with Crippen molar-refractivity contribution in [1.82, 2.24) is 0 Å². The number of hydrogen-bond acceptors (Lipinski definition) is 1. The lowest BCUT2D eigenvalue weighted by atomic mass is 9.96. The lowest BCUT2D eigenvalue weighted by Crippen LogP contribution is -2.36. The number of rotatable bonds is 2. The molecule has 21 heavy (non-hydrogen) atoms. The van der Waals surface area contributed by atoms with Crippen LogP contribution in [0, 0.1) is 0 Å². The Bertz CT molecular complexity index is 714. The van der Waals surface area contributed by atoms with E-state index in [-0.39, 0.29) is 6.54 Å². The van der Waals surface area contributed by atoms with Gasteiger partial charge in [0.1, 0.15) is 6.67 Å². The zero-order valence-corrected chi connectivity index (χ0v) is 12.6. The number of nitrogens with zero attached hydrogens (tertiary/aromatic N) is 2. The molecule has 0 saturated heterocycles. The second-order valence-electron chi connectivity index (χ2n) is 5.27. The van der Waals surface area contributed by atoms with Crippen LogP contribution in [0.3, 0.4) is 0 Å². The van der Waals surface area contributed by atoms with E-state index in [2.05, 4.69) is 18.0 Å². The van der Waals surface area contributed by atoms with Crippen molar-refractivity contribution in [2.75, 3.05) is 24.7 Å². The zero-order valence-electron chi connectivity index (χ0n) is 11.8. The van der Waals surface area contributed by atoms with Crippen molar-refractivity contribution in [1.29, 1.82) is 0 Å². The molecule has 110 valence electrons. The third-order valence-corrected chi connectivity index (χ3v) is 4.23. The lowest BCUT2D eigenvalue weighted by Gasteiger charge is -2.18. The molecule has 1 aliphatic heterocycles. The summed E-state index contributed by atoms with van der Waals surface area (Å²) in [5.41, 5.74) is 8.27. The quantitative estimate of drug-likeness (QED) is 0.679. The molecule has 0 aliphatic carbocycles. The van der Waals surface area contributed by atoms with E-state index in [1.54, 1.807) is 0 Å².